The van der Waals surface area contributed by atoms with Gasteiger partial charge in [0.2, 0.25) is 0 Å². The summed E-state index contributed by atoms with van der Waals surface area (Å²) in [6, 6.07) is 3.89. The fraction of sp³-hybridized carbons (Fsp3) is 0.571. The molecule has 2 aliphatic carbocycles. The van der Waals surface area contributed by atoms with E-state index in [-0.39, 0.29) is 16.8 Å². The summed E-state index contributed by atoms with van der Waals surface area (Å²) in [4.78, 5) is 29.2. The summed E-state index contributed by atoms with van der Waals surface area (Å²) in [5.41, 5.74) is 0.939. The molecule has 0 radical (unpaired) electrons. The molecular formula is C21H24FN5O2. The molecular weight excluding hydrogens is 373 g/mol. The smallest absolute Gasteiger partial charge is 0.329 e. The zero-order chi connectivity index (χ0) is 20.3. The van der Waals surface area contributed by atoms with Gasteiger partial charge in [-0.15, -0.1) is 0 Å². The van der Waals surface area contributed by atoms with E-state index in [0.717, 1.165) is 38.8 Å². The van der Waals surface area contributed by atoms with Crippen molar-refractivity contribution in [2.45, 2.75) is 51.1 Å². The second kappa shape index (κ2) is 6.42. The highest BCUT2D eigenvalue weighted by Crippen LogP contribution is 2.54. The van der Waals surface area contributed by atoms with Crippen LogP contribution in [0.4, 0.5) is 10.1 Å². The van der Waals surface area contributed by atoms with E-state index in [1.54, 1.807) is 4.57 Å². The third-order valence-corrected chi connectivity index (χ3v) is 6.82. The van der Waals surface area contributed by atoms with Gasteiger partial charge in [0.25, 0.3) is 5.56 Å². The van der Waals surface area contributed by atoms with Crippen LogP contribution in [0.25, 0.3) is 10.9 Å². The Labute approximate surface area is 167 Å². The maximum atomic E-state index is 15.1. The average Bonchev–Trinajstić information content (AvgIpc) is 3.57. The monoisotopic (exact) mass is 397 g/mol. The molecule has 0 amide bonds. The molecule has 2 aromatic rings. The first-order valence-corrected chi connectivity index (χ1v) is 10.3. The van der Waals surface area contributed by atoms with Gasteiger partial charge >= 0.3 is 5.69 Å². The van der Waals surface area contributed by atoms with Gasteiger partial charge in [-0.3, -0.25) is 14.3 Å². The molecule has 3 aliphatic rings. The molecule has 2 N–H and O–H groups in total. The summed E-state index contributed by atoms with van der Waals surface area (Å²) in [6.45, 7) is 4.00. The van der Waals surface area contributed by atoms with Gasteiger partial charge in [-0.2, -0.15) is 5.26 Å². The van der Waals surface area contributed by atoms with Crippen LogP contribution in [0.1, 0.15) is 43.7 Å². The van der Waals surface area contributed by atoms with Crippen LogP contribution in [0.5, 0.6) is 0 Å². The van der Waals surface area contributed by atoms with Crippen molar-refractivity contribution >= 4 is 16.6 Å². The first-order valence-electron chi connectivity index (χ1n) is 10.3. The molecule has 7 nitrogen and oxygen atoms in total. The molecule has 152 valence electrons. The number of nitriles is 1. The molecule has 1 spiro atoms. The first kappa shape index (κ1) is 18.4. The van der Waals surface area contributed by atoms with Crippen molar-refractivity contribution in [1.82, 2.24) is 14.9 Å². The van der Waals surface area contributed by atoms with Gasteiger partial charge in [0.15, 0.2) is 0 Å². The Kier molecular flexibility index (Phi) is 4.07. The summed E-state index contributed by atoms with van der Waals surface area (Å²) >= 11 is 0. The van der Waals surface area contributed by atoms with Gasteiger partial charge in [0, 0.05) is 49.1 Å². The highest BCUT2D eigenvalue weighted by Gasteiger charge is 2.57. The summed E-state index contributed by atoms with van der Waals surface area (Å²) in [5, 5.41) is 12.4. The van der Waals surface area contributed by atoms with Crippen LogP contribution in [0.15, 0.2) is 15.7 Å². The molecule has 2 atom stereocenters. The fourth-order valence-corrected chi connectivity index (χ4v) is 5.11. The van der Waals surface area contributed by atoms with Crippen LogP contribution in [0, 0.1) is 29.5 Å². The van der Waals surface area contributed by atoms with Crippen LogP contribution < -0.4 is 21.5 Å². The number of fused-ring (bicyclic) bond motifs is 1. The third kappa shape index (κ3) is 2.87. The third-order valence-electron chi connectivity index (χ3n) is 6.82. The first-order chi connectivity index (χ1) is 13.9. The quantitative estimate of drug-likeness (QED) is 0.752. The number of benzene rings is 1. The minimum absolute atomic E-state index is 0.0842. The number of rotatable bonds is 5. The summed E-state index contributed by atoms with van der Waals surface area (Å²) in [7, 11) is 0. The molecule has 2 saturated carbocycles. The molecule has 5 rings (SSSR count). The Hall–Kier alpha value is -2.66. The van der Waals surface area contributed by atoms with Crippen LogP contribution in [0.3, 0.4) is 0 Å². The summed E-state index contributed by atoms with van der Waals surface area (Å²) in [5.74, 6) is -0.409. The minimum Gasteiger partial charge on any atom is -0.368 e. The molecule has 1 aromatic heterocycles. The van der Waals surface area contributed by atoms with Crippen molar-refractivity contribution < 1.29 is 4.39 Å². The van der Waals surface area contributed by atoms with E-state index in [1.807, 2.05) is 6.92 Å². The van der Waals surface area contributed by atoms with Gasteiger partial charge < -0.3 is 10.2 Å². The van der Waals surface area contributed by atoms with Crippen LogP contribution >= 0.6 is 0 Å². The van der Waals surface area contributed by atoms with Crippen molar-refractivity contribution in [2.75, 3.05) is 24.5 Å². The number of halogens is 1. The van der Waals surface area contributed by atoms with Crippen LogP contribution in [0.2, 0.25) is 0 Å². The predicted octanol–water partition coefficient (Wildman–Crippen LogP) is 1.94. The van der Waals surface area contributed by atoms with Gasteiger partial charge in [0.05, 0.1) is 22.7 Å². The lowest BCUT2D eigenvalue weighted by molar-refractivity contribution is 0.503. The van der Waals surface area contributed by atoms with Crippen molar-refractivity contribution in [1.29, 1.82) is 5.26 Å². The minimum atomic E-state index is -0.530. The molecule has 0 bridgehead atoms. The van der Waals surface area contributed by atoms with Crippen molar-refractivity contribution in [3.05, 3.63) is 38.3 Å². The van der Waals surface area contributed by atoms with Crippen molar-refractivity contribution in [3.8, 4) is 6.07 Å². The van der Waals surface area contributed by atoms with E-state index in [1.165, 1.54) is 6.07 Å². The Morgan fingerprint density at radius 2 is 2.21 bits per heavy atom. The number of hydrogen-bond acceptors (Lipinski definition) is 5. The average molecular weight is 397 g/mol. The zero-order valence-electron chi connectivity index (χ0n) is 16.4. The summed E-state index contributed by atoms with van der Waals surface area (Å²) in [6.07, 6.45) is 4.29. The van der Waals surface area contributed by atoms with Crippen molar-refractivity contribution in [3.63, 3.8) is 0 Å². The van der Waals surface area contributed by atoms with E-state index in [4.69, 9.17) is 5.26 Å². The second-order valence-corrected chi connectivity index (χ2v) is 8.74. The van der Waals surface area contributed by atoms with E-state index >= 15 is 4.39 Å². The highest BCUT2D eigenvalue weighted by atomic mass is 19.1. The largest absolute Gasteiger partial charge is 0.368 e. The molecule has 8 heteroatoms. The predicted molar refractivity (Wildman–Crippen MR) is 108 cm³/mol. The van der Waals surface area contributed by atoms with E-state index in [9.17, 15) is 9.59 Å². The molecule has 2 unspecified atom stereocenters. The number of aromatic nitrogens is 2. The Bertz CT molecular complexity index is 1160. The molecule has 1 aromatic carbocycles. The Morgan fingerprint density at radius 3 is 2.93 bits per heavy atom. The standard InChI is InChI=1S/C21H24FN5O2/c1-12-17-14(19(28)25-20(29)27(17)13-3-4-13)9-15(22)18(12)26-8-5-21(11-26)10-16(21)24-7-2-6-23/h9,13,16,24H,2-5,7-8,10-11H2,1H3,(H,25,28,29). The van der Waals surface area contributed by atoms with E-state index < -0.39 is 17.1 Å². The lowest BCUT2D eigenvalue weighted by Gasteiger charge is -2.24. The van der Waals surface area contributed by atoms with Gasteiger partial charge in [-0.05, 0) is 38.7 Å². The number of anilines is 1. The van der Waals surface area contributed by atoms with Gasteiger partial charge in [-0.25, -0.2) is 9.18 Å². The van der Waals surface area contributed by atoms with Crippen molar-refractivity contribution in [2.24, 2.45) is 5.41 Å². The number of nitrogens with zero attached hydrogens (tertiary/aromatic N) is 3. The normalized spacial score (nSPS) is 25.7. The molecule has 1 saturated heterocycles. The Balaban J connectivity index is 1.52. The van der Waals surface area contributed by atoms with E-state index in [2.05, 4.69) is 21.3 Å². The van der Waals surface area contributed by atoms with Gasteiger partial charge in [0.1, 0.15) is 5.82 Å². The van der Waals surface area contributed by atoms with E-state index in [0.29, 0.717) is 35.8 Å². The molecule has 29 heavy (non-hydrogen) atoms. The maximum Gasteiger partial charge on any atom is 0.329 e. The number of H-pyrrole nitrogens is 1. The number of aryl methyl sites for hydroxylation is 1. The van der Waals surface area contributed by atoms with Crippen LogP contribution in [-0.4, -0.2) is 35.2 Å². The second-order valence-electron chi connectivity index (χ2n) is 8.74. The zero-order valence-corrected chi connectivity index (χ0v) is 16.4. The number of hydrogen-bond donors (Lipinski definition) is 2. The maximum absolute atomic E-state index is 15.1. The molecule has 2 heterocycles. The Morgan fingerprint density at radius 1 is 1.41 bits per heavy atom. The highest BCUT2D eigenvalue weighted by molar-refractivity contribution is 5.87. The molecule has 3 fully saturated rings. The lowest BCUT2D eigenvalue weighted by atomic mass is 10.1. The molecule has 1 aliphatic heterocycles. The number of nitrogens with one attached hydrogen (secondary N) is 2. The van der Waals surface area contributed by atoms with Crippen LogP contribution in [-0.2, 0) is 0 Å². The number of aromatic amines is 1. The topological polar surface area (TPSA) is 93.9 Å². The fourth-order valence-electron chi connectivity index (χ4n) is 5.11. The lowest BCUT2D eigenvalue weighted by Crippen LogP contribution is -2.31. The SMILES string of the molecule is Cc1c(N2CCC3(CC3NCCC#N)C2)c(F)cc2c(=O)[nH]c(=O)n(C3CC3)c12. The summed E-state index contributed by atoms with van der Waals surface area (Å²) < 4.78 is 16.8. The van der Waals surface area contributed by atoms with Gasteiger partial charge in [-0.1, -0.05) is 0 Å².